The van der Waals surface area contributed by atoms with Crippen LogP contribution >= 0.6 is 0 Å². The lowest BCUT2D eigenvalue weighted by molar-refractivity contribution is -0.128. The molecule has 14 heavy (non-hydrogen) atoms. The van der Waals surface area contributed by atoms with Gasteiger partial charge in [0.15, 0.2) is 0 Å². The molecule has 3 nitrogen and oxygen atoms in total. The zero-order valence-electron chi connectivity index (χ0n) is 9.80. The Bertz CT molecular complexity index is 157. The van der Waals surface area contributed by atoms with Gasteiger partial charge in [-0.1, -0.05) is 27.2 Å². The van der Waals surface area contributed by atoms with Crippen molar-refractivity contribution >= 4 is 5.91 Å². The third-order valence-corrected chi connectivity index (χ3v) is 2.33. The number of hydrogen-bond acceptors (Lipinski definition) is 2. The van der Waals surface area contributed by atoms with E-state index in [2.05, 4.69) is 12.2 Å². The third kappa shape index (κ3) is 5.22. The number of carbonyl (C=O) groups excluding carboxylic acids is 1. The van der Waals surface area contributed by atoms with E-state index in [0.29, 0.717) is 12.5 Å². The molecule has 3 heteroatoms. The zero-order chi connectivity index (χ0) is 11.0. The molecule has 0 aromatic carbocycles. The lowest BCUT2D eigenvalue weighted by Gasteiger charge is -2.18. The van der Waals surface area contributed by atoms with E-state index >= 15 is 0 Å². The normalized spacial score (nSPS) is 12.9. The average Bonchev–Trinajstić information content (AvgIpc) is 2.16. The minimum atomic E-state index is -0.0168. The van der Waals surface area contributed by atoms with Gasteiger partial charge < -0.3 is 10.1 Å². The van der Waals surface area contributed by atoms with Gasteiger partial charge in [-0.25, -0.2) is 0 Å². The van der Waals surface area contributed by atoms with Crippen LogP contribution in [-0.2, 0) is 9.53 Å². The molecular weight excluding hydrogens is 178 g/mol. The lowest BCUT2D eigenvalue weighted by Crippen LogP contribution is -2.34. The highest BCUT2D eigenvalue weighted by Gasteiger charge is 2.20. The fraction of sp³-hybridized carbons (Fsp3) is 0.909. The van der Waals surface area contributed by atoms with Gasteiger partial charge in [0.25, 0.3) is 0 Å². The van der Waals surface area contributed by atoms with Crippen molar-refractivity contribution in [2.75, 3.05) is 20.3 Å². The summed E-state index contributed by atoms with van der Waals surface area (Å²) in [7, 11) is 1.67. The molecular formula is C11H23NO2. The van der Waals surface area contributed by atoms with Gasteiger partial charge >= 0.3 is 0 Å². The van der Waals surface area contributed by atoms with E-state index in [1.807, 2.05) is 13.8 Å². The Kier molecular flexibility index (Phi) is 7.48. The van der Waals surface area contributed by atoms with Crippen molar-refractivity contribution in [3.8, 4) is 0 Å². The van der Waals surface area contributed by atoms with Crippen LogP contribution in [0.1, 0.15) is 33.6 Å². The predicted octanol–water partition coefficient (Wildman–Crippen LogP) is 1.82. The standard InChI is InChI=1S/C11H23NO2/c1-5-6-7-14-8-10(9(2)3)11(13)12-4/h9-10H,5-8H2,1-4H3,(H,12,13). The van der Waals surface area contributed by atoms with Crippen LogP contribution in [0, 0.1) is 11.8 Å². The van der Waals surface area contributed by atoms with Crippen molar-refractivity contribution in [3.63, 3.8) is 0 Å². The molecule has 0 saturated heterocycles. The van der Waals surface area contributed by atoms with Crippen LogP contribution in [0.15, 0.2) is 0 Å². The van der Waals surface area contributed by atoms with Gasteiger partial charge in [-0.2, -0.15) is 0 Å². The first-order valence-corrected chi connectivity index (χ1v) is 5.42. The van der Waals surface area contributed by atoms with Gasteiger partial charge in [0, 0.05) is 13.7 Å². The Morgan fingerprint density at radius 2 is 2.07 bits per heavy atom. The largest absolute Gasteiger partial charge is 0.381 e. The first-order valence-electron chi connectivity index (χ1n) is 5.42. The van der Waals surface area contributed by atoms with Crippen LogP contribution in [0.5, 0.6) is 0 Å². The van der Waals surface area contributed by atoms with E-state index < -0.39 is 0 Å². The van der Waals surface area contributed by atoms with E-state index in [4.69, 9.17) is 4.74 Å². The molecule has 0 aliphatic heterocycles. The molecule has 1 N–H and O–H groups in total. The second-order valence-electron chi connectivity index (χ2n) is 3.89. The van der Waals surface area contributed by atoms with E-state index in [0.717, 1.165) is 19.4 Å². The van der Waals surface area contributed by atoms with Crippen LogP contribution in [0.25, 0.3) is 0 Å². The molecule has 0 fully saturated rings. The molecule has 0 radical (unpaired) electrons. The Morgan fingerprint density at radius 1 is 1.43 bits per heavy atom. The van der Waals surface area contributed by atoms with E-state index in [1.54, 1.807) is 7.05 Å². The van der Waals surface area contributed by atoms with Crippen LogP contribution in [-0.4, -0.2) is 26.2 Å². The summed E-state index contributed by atoms with van der Waals surface area (Å²) in [5, 5.41) is 2.67. The van der Waals surface area contributed by atoms with Gasteiger partial charge in [-0.15, -0.1) is 0 Å². The predicted molar refractivity (Wildman–Crippen MR) is 58.1 cm³/mol. The second kappa shape index (κ2) is 7.80. The molecule has 1 atom stereocenters. The summed E-state index contributed by atoms with van der Waals surface area (Å²) in [5.41, 5.74) is 0. The quantitative estimate of drug-likeness (QED) is 0.638. The Labute approximate surface area is 87.2 Å². The molecule has 84 valence electrons. The number of carbonyl (C=O) groups is 1. The van der Waals surface area contributed by atoms with Gasteiger partial charge in [-0.05, 0) is 12.3 Å². The summed E-state index contributed by atoms with van der Waals surface area (Å²) in [4.78, 5) is 11.4. The van der Waals surface area contributed by atoms with Gasteiger partial charge in [0.2, 0.25) is 5.91 Å². The number of ether oxygens (including phenoxy) is 1. The first-order chi connectivity index (χ1) is 6.63. The van der Waals surface area contributed by atoms with Crippen molar-refractivity contribution in [2.24, 2.45) is 11.8 Å². The van der Waals surface area contributed by atoms with E-state index in [-0.39, 0.29) is 11.8 Å². The van der Waals surface area contributed by atoms with Crippen LogP contribution < -0.4 is 5.32 Å². The minimum Gasteiger partial charge on any atom is -0.381 e. The smallest absolute Gasteiger partial charge is 0.225 e. The molecule has 0 rings (SSSR count). The fourth-order valence-corrected chi connectivity index (χ4v) is 1.21. The highest BCUT2D eigenvalue weighted by Crippen LogP contribution is 2.11. The average molecular weight is 201 g/mol. The number of unbranched alkanes of at least 4 members (excludes halogenated alkanes) is 1. The molecule has 1 unspecified atom stereocenters. The highest BCUT2D eigenvalue weighted by atomic mass is 16.5. The molecule has 0 saturated carbocycles. The molecule has 0 aliphatic carbocycles. The summed E-state index contributed by atoms with van der Waals surface area (Å²) >= 11 is 0. The molecule has 0 aliphatic rings. The number of rotatable bonds is 7. The fourth-order valence-electron chi connectivity index (χ4n) is 1.21. The minimum absolute atomic E-state index is 0.0168. The molecule has 1 amide bonds. The van der Waals surface area contributed by atoms with Crippen LogP contribution in [0.2, 0.25) is 0 Å². The van der Waals surface area contributed by atoms with Gasteiger partial charge in [-0.3, -0.25) is 4.79 Å². The van der Waals surface area contributed by atoms with Gasteiger partial charge in [0.05, 0.1) is 12.5 Å². The van der Waals surface area contributed by atoms with Crippen molar-refractivity contribution in [1.82, 2.24) is 5.32 Å². The van der Waals surface area contributed by atoms with E-state index in [1.165, 1.54) is 0 Å². The molecule has 0 bridgehead atoms. The van der Waals surface area contributed by atoms with Gasteiger partial charge in [0.1, 0.15) is 0 Å². The SMILES string of the molecule is CCCCOCC(C(=O)NC)C(C)C. The maximum Gasteiger partial charge on any atom is 0.225 e. The lowest BCUT2D eigenvalue weighted by atomic mass is 9.96. The monoisotopic (exact) mass is 201 g/mol. The van der Waals surface area contributed by atoms with Crippen LogP contribution in [0.4, 0.5) is 0 Å². The van der Waals surface area contributed by atoms with Crippen molar-refractivity contribution in [1.29, 1.82) is 0 Å². The topological polar surface area (TPSA) is 38.3 Å². The summed E-state index contributed by atoms with van der Waals surface area (Å²) < 4.78 is 5.46. The second-order valence-corrected chi connectivity index (χ2v) is 3.89. The Balaban J connectivity index is 3.80. The van der Waals surface area contributed by atoms with Crippen molar-refractivity contribution < 1.29 is 9.53 Å². The highest BCUT2D eigenvalue weighted by molar-refractivity contribution is 5.78. The Hall–Kier alpha value is -0.570. The molecule has 0 heterocycles. The zero-order valence-corrected chi connectivity index (χ0v) is 9.80. The number of amides is 1. The molecule has 0 aromatic heterocycles. The first kappa shape index (κ1) is 13.4. The maximum absolute atomic E-state index is 11.4. The van der Waals surface area contributed by atoms with Crippen LogP contribution in [0.3, 0.4) is 0 Å². The van der Waals surface area contributed by atoms with Crippen molar-refractivity contribution in [2.45, 2.75) is 33.6 Å². The number of nitrogens with one attached hydrogen (secondary N) is 1. The summed E-state index contributed by atoms with van der Waals surface area (Å²) in [6, 6.07) is 0. The summed E-state index contributed by atoms with van der Waals surface area (Å²) in [6.45, 7) is 7.52. The Morgan fingerprint density at radius 3 is 2.50 bits per heavy atom. The summed E-state index contributed by atoms with van der Waals surface area (Å²) in [5.74, 6) is 0.393. The number of hydrogen-bond donors (Lipinski definition) is 1. The summed E-state index contributed by atoms with van der Waals surface area (Å²) in [6.07, 6.45) is 2.20. The molecule has 0 aromatic rings. The maximum atomic E-state index is 11.4. The molecule has 0 spiro atoms. The van der Waals surface area contributed by atoms with E-state index in [9.17, 15) is 4.79 Å². The third-order valence-electron chi connectivity index (χ3n) is 2.33. The van der Waals surface area contributed by atoms with Crippen molar-refractivity contribution in [3.05, 3.63) is 0 Å².